The minimum absolute atomic E-state index is 0.0508. The Morgan fingerprint density at radius 2 is 1.88 bits per heavy atom. The maximum atomic E-state index is 13.7. The molecule has 1 saturated heterocycles. The van der Waals surface area contributed by atoms with E-state index in [-0.39, 0.29) is 24.0 Å². The molecule has 1 N–H and O–H groups in total. The smallest absolute Gasteiger partial charge is 0.258 e. The number of ether oxygens (including phenoxy) is 2. The number of hydrogen-bond donors (Lipinski definition) is 1. The molecule has 1 aliphatic carbocycles. The van der Waals surface area contributed by atoms with Crippen LogP contribution in [0.4, 0.5) is 0 Å². The number of benzene rings is 1. The highest BCUT2D eigenvalue weighted by atomic mass is 16.5. The van der Waals surface area contributed by atoms with Gasteiger partial charge >= 0.3 is 0 Å². The van der Waals surface area contributed by atoms with Crippen LogP contribution in [0.2, 0.25) is 0 Å². The molecule has 2 bridgehead atoms. The van der Waals surface area contributed by atoms with Crippen molar-refractivity contribution in [3.63, 3.8) is 0 Å². The van der Waals surface area contributed by atoms with Crippen molar-refractivity contribution >= 4 is 11.8 Å². The summed E-state index contributed by atoms with van der Waals surface area (Å²) >= 11 is 0. The normalized spacial score (nSPS) is 29.4. The van der Waals surface area contributed by atoms with Gasteiger partial charge in [-0.2, -0.15) is 0 Å². The number of para-hydroxylation sites is 1. The largest absolute Gasteiger partial charge is 0.493 e. The monoisotopic (exact) mass is 467 g/mol. The average molecular weight is 468 g/mol. The predicted octanol–water partition coefficient (Wildman–Crippen LogP) is 3.01. The highest BCUT2D eigenvalue weighted by Crippen LogP contribution is 2.27. The van der Waals surface area contributed by atoms with Crippen molar-refractivity contribution in [3.05, 3.63) is 42.0 Å². The van der Waals surface area contributed by atoms with Crippen molar-refractivity contribution in [2.45, 2.75) is 63.2 Å². The molecule has 2 fully saturated rings. The minimum Gasteiger partial charge on any atom is -0.493 e. The van der Waals surface area contributed by atoms with Crippen LogP contribution in [0.5, 0.6) is 5.75 Å². The number of carbonyl (C=O) groups excluding carboxylic acids is 2. The molecule has 1 aromatic rings. The van der Waals surface area contributed by atoms with Crippen molar-refractivity contribution in [2.24, 2.45) is 5.92 Å². The molecule has 1 saturated carbocycles. The fourth-order valence-electron chi connectivity index (χ4n) is 5.78. The van der Waals surface area contributed by atoms with Gasteiger partial charge in [0.25, 0.3) is 5.91 Å². The zero-order chi connectivity index (χ0) is 23.3. The second kappa shape index (κ2) is 10.9. The first-order valence-corrected chi connectivity index (χ1v) is 13.0. The second-order valence-electron chi connectivity index (χ2n) is 10.1. The Bertz CT molecular complexity index is 898. The summed E-state index contributed by atoms with van der Waals surface area (Å²) in [6, 6.07) is 6.87. The highest BCUT2D eigenvalue weighted by Gasteiger charge is 2.37. The Labute approximate surface area is 202 Å². The van der Waals surface area contributed by atoms with Gasteiger partial charge in [-0.25, -0.2) is 0 Å². The van der Waals surface area contributed by atoms with E-state index >= 15 is 0 Å². The predicted molar refractivity (Wildman–Crippen MR) is 130 cm³/mol. The van der Waals surface area contributed by atoms with Gasteiger partial charge in [0.15, 0.2) is 0 Å². The molecule has 34 heavy (non-hydrogen) atoms. The SMILES string of the molecule is O=C1NC[C@@H]2C=CC[C@@H](CCOc3ccccc3C(=O)N3CCN(CC4CCCCC4)C[C@@H]13)O2. The van der Waals surface area contributed by atoms with Gasteiger partial charge in [0.05, 0.1) is 24.4 Å². The minimum atomic E-state index is -0.524. The van der Waals surface area contributed by atoms with Crippen LogP contribution in [0.15, 0.2) is 36.4 Å². The molecule has 5 rings (SSSR count). The molecular formula is C27H37N3O4. The lowest BCUT2D eigenvalue weighted by Gasteiger charge is -2.42. The summed E-state index contributed by atoms with van der Waals surface area (Å²) in [4.78, 5) is 31.3. The summed E-state index contributed by atoms with van der Waals surface area (Å²) < 4.78 is 12.2. The van der Waals surface area contributed by atoms with Gasteiger partial charge in [-0.05, 0) is 37.3 Å². The third-order valence-electron chi connectivity index (χ3n) is 7.68. The van der Waals surface area contributed by atoms with Gasteiger partial charge < -0.3 is 19.7 Å². The summed E-state index contributed by atoms with van der Waals surface area (Å²) in [5, 5.41) is 3.09. The highest BCUT2D eigenvalue weighted by molar-refractivity contribution is 6.00. The summed E-state index contributed by atoms with van der Waals surface area (Å²) in [5.41, 5.74) is 0.528. The van der Waals surface area contributed by atoms with Crippen LogP contribution in [0.3, 0.4) is 0 Å². The number of nitrogens with zero attached hydrogens (tertiary/aromatic N) is 2. The molecular weight excluding hydrogens is 430 g/mol. The first kappa shape index (κ1) is 23.4. The summed E-state index contributed by atoms with van der Waals surface area (Å²) in [6.07, 6.45) is 12.1. The molecule has 0 unspecified atom stereocenters. The van der Waals surface area contributed by atoms with Crippen molar-refractivity contribution in [3.8, 4) is 5.75 Å². The van der Waals surface area contributed by atoms with E-state index in [2.05, 4.69) is 16.3 Å². The van der Waals surface area contributed by atoms with E-state index < -0.39 is 6.04 Å². The van der Waals surface area contributed by atoms with E-state index in [1.165, 1.54) is 32.1 Å². The van der Waals surface area contributed by atoms with Gasteiger partial charge in [0, 0.05) is 39.1 Å². The number of rotatable bonds is 2. The quantitative estimate of drug-likeness (QED) is 0.677. The van der Waals surface area contributed by atoms with Crippen LogP contribution in [0.1, 0.15) is 55.3 Å². The molecule has 3 atom stereocenters. The maximum Gasteiger partial charge on any atom is 0.258 e. The van der Waals surface area contributed by atoms with E-state index in [4.69, 9.17) is 9.47 Å². The Kier molecular flexibility index (Phi) is 7.50. The molecule has 2 amide bonds. The molecule has 0 spiro atoms. The summed E-state index contributed by atoms with van der Waals surface area (Å²) in [7, 11) is 0. The summed E-state index contributed by atoms with van der Waals surface area (Å²) in [6.45, 7) is 3.83. The average Bonchev–Trinajstić information content (AvgIpc) is 2.87. The Morgan fingerprint density at radius 1 is 1.03 bits per heavy atom. The van der Waals surface area contributed by atoms with E-state index in [1.807, 2.05) is 30.3 Å². The van der Waals surface area contributed by atoms with Crippen LogP contribution in [0, 0.1) is 5.92 Å². The van der Waals surface area contributed by atoms with E-state index in [0.717, 1.165) is 25.9 Å². The molecule has 0 aromatic heterocycles. The number of nitrogens with one attached hydrogen (secondary N) is 1. The molecule has 0 radical (unpaired) electrons. The standard InChI is InChI=1S/C27H37N3O4/c31-26-24-19-29(18-20-7-2-1-3-8-20)14-15-30(24)27(32)23-11-4-5-12-25(23)33-16-13-21-9-6-10-22(34-21)17-28-26/h4-6,10-12,20-22,24H,1-3,7-9,13-19H2,(H,28,31)/t21-,22-,24-/m0/s1. The third kappa shape index (κ3) is 5.47. The molecule has 184 valence electrons. The van der Waals surface area contributed by atoms with Crippen molar-refractivity contribution < 1.29 is 19.1 Å². The van der Waals surface area contributed by atoms with Gasteiger partial charge in [-0.3, -0.25) is 14.5 Å². The molecule has 1 aromatic carbocycles. The van der Waals surface area contributed by atoms with Gasteiger partial charge in [-0.15, -0.1) is 0 Å². The Balaban J connectivity index is 1.38. The molecule has 4 aliphatic rings. The van der Waals surface area contributed by atoms with Crippen LogP contribution in [-0.4, -0.2) is 79.2 Å². The molecule has 3 aliphatic heterocycles. The lowest BCUT2D eigenvalue weighted by Crippen LogP contribution is -2.61. The van der Waals surface area contributed by atoms with Crippen molar-refractivity contribution in [2.75, 3.05) is 39.3 Å². The topological polar surface area (TPSA) is 71.1 Å². The molecule has 3 heterocycles. The third-order valence-corrected chi connectivity index (χ3v) is 7.68. The van der Waals surface area contributed by atoms with Crippen LogP contribution >= 0.6 is 0 Å². The van der Waals surface area contributed by atoms with E-state index in [1.54, 1.807) is 4.90 Å². The zero-order valence-corrected chi connectivity index (χ0v) is 20.0. The number of carbonyl (C=O) groups is 2. The molecule has 7 nitrogen and oxygen atoms in total. The van der Waals surface area contributed by atoms with Crippen molar-refractivity contribution in [1.29, 1.82) is 0 Å². The number of fused-ring (bicyclic) bond motifs is 4. The fourth-order valence-corrected chi connectivity index (χ4v) is 5.78. The van der Waals surface area contributed by atoms with Crippen molar-refractivity contribution in [1.82, 2.24) is 15.1 Å². The van der Waals surface area contributed by atoms with Crippen LogP contribution < -0.4 is 10.1 Å². The lowest BCUT2D eigenvalue weighted by molar-refractivity contribution is -0.128. The Morgan fingerprint density at radius 3 is 2.76 bits per heavy atom. The lowest BCUT2D eigenvalue weighted by atomic mass is 9.88. The second-order valence-corrected chi connectivity index (χ2v) is 10.1. The fraction of sp³-hybridized carbons (Fsp3) is 0.630. The Hall–Kier alpha value is -2.38. The van der Waals surface area contributed by atoms with Crippen LogP contribution in [-0.2, 0) is 9.53 Å². The summed E-state index contributed by atoms with van der Waals surface area (Å²) in [5.74, 6) is 1.05. The first-order valence-electron chi connectivity index (χ1n) is 13.0. The first-order chi connectivity index (χ1) is 16.7. The number of amides is 2. The van der Waals surface area contributed by atoms with Gasteiger partial charge in [0.2, 0.25) is 5.91 Å². The number of hydrogen-bond acceptors (Lipinski definition) is 5. The molecule has 7 heteroatoms. The zero-order valence-electron chi connectivity index (χ0n) is 20.0. The number of piperazine rings is 1. The van der Waals surface area contributed by atoms with Gasteiger partial charge in [0.1, 0.15) is 11.8 Å². The van der Waals surface area contributed by atoms with E-state index in [9.17, 15) is 9.59 Å². The maximum absolute atomic E-state index is 13.7. The van der Waals surface area contributed by atoms with E-state index in [0.29, 0.717) is 43.5 Å². The van der Waals surface area contributed by atoms with Crippen LogP contribution in [0.25, 0.3) is 0 Å². The van der Waals surface area contributed by atoms with Gasteiger partial charge in [-0.1, -0.05) is 43.5 Å².